The van der Waals surface area contributed by atoms with Gasteiger partial charge >= 0.3 is 0 Å². The molecule has 0 aliphatic carbocycles. The number of amides is 1. The minimum atomic E-state index is -3.06. The number of thioether (sulfide) groups is 1. The molecule has 10 heteroatoms. The summed E-state index contributed by atoms with van der Waals surface area (Å²) in [7, 11) is 0.0804. The van der Waals surface area contributed by atoms with Gasteiger partial charge in [0.2, 0.25) is 5.91 Å². The molecule has 2 heterocycles. The van der Waals surface area contributed by atoms with Crippen LogP contribution in [0.1, 0.15) is 0 Å². The Kier molecular flexibility index (Phi) is 6.10. The van der Waals surface area contributed by atoms with E-state index in [0.717, 1.165) is 5.69 Å². The number of nitrogens with zero attached hydrogens (tertiary/aromatic N) is 2. The van der Waals surface area contributed by atoms with Crippen LogP contribution >= 0.6 is 11.8 Å². The topological polar surface area (TPSA) is 97.3 Å². The van der Waals surface area contributed by atoms with Gasteiger partial charge in [-0.15, -0.1) is 0 Å². The number of ether oxygens (including phenoxy) is 2. The number of para-hydroxylation sites is 2. The lowest BCUT2D eigenvalue weighted by atomic mass is 10.2. The first-order chi connectivity index (χ1) is 14.9. The number of methoxy groups -OCH3 is 2. The number of carbonyl (C=O) groups excluding carboxylic acids is 1. The minimum absolute atomic E-state index is 0.0163. The van der Waals surface area contributed by atoms with Gasteiger partial charge in [0.25, 0.3) is 0 Å². The van der Waals surface area contributed by atoms with Gasteiger partial charge in [0.1, 0.15) is 18.0 Å². The summed E-state index contributed by atoms with van der Waals surface area (Å²) in [6.07, 6.45) is 0. The second kappa shape index (κ2) is 8.80. The maximum Gasteiger partial charge on any atom is 0.244 e. The van der Waals surface area contributed by atoms with Crippen molar-refractivity contribution in [2.45, 2.75) is 11.3 Å². The van der Waals surface area contributed by atoms with E-state index in [2.05, 4.69) is 10.3 Å². The highest BCUT2D eigenvalue weighted by atomic mass is 32.2. The zero-order valence-corrected chi connectivity index (χ0v) is 18.8. The number of carbonyl (C=O) groups is 1. The molecule has 0 spiro atoms. The van der Waals surface area contributed by atoms with Crippen molar-refractivity contribution in [3.63, 3.8) is 0 Å². The molecule has 31 heavy (non-hydrogen) atoms. The molecule has 164 valence electrons. The fourth-order valence-electron chi connectivity index (χ4n) is 3.58. The summed E-state index contributed by atoms with van der Waals surface area (Å²) >= 11 is 1.41. The van der Waals surface area contributed by atoms with Crippen LogP contribution in [0.15, 0.2) is 53.5 Å². The van der Waals surface area contributed by atoms with Gasteiger partial charge in [0.15, 0.2) is 15.0 Å². The van der Waals surface area contributed by atoms with Gasteiger partial charge in [0.05, 0.1) is 37.5 Å². The zero-order chi connectivity index (χ0) is 22.0. The normalized spacial score (nSPS) is 21.2. The summed E-state index contributed by atoms with van der Waals surface area (Å²) in [5.74, 6) is 1.19. The second-order valence-electron chi connectivity index (χ2n) is 7.24. The molecule has 1 fully saturated rings. The summed E-state index contributed by atoms with van der Waals surface area (Å²) < 4.78 is 34.4. The molecular formula is C21H23N3O5S2. The molecule has 4 rings (SSSR count). The molecule has 1 saturated heterocycles. The molecule has 0 radical (unpaired) electrons. The standard InChI is InChI=1S/C21H23N3O5S2/c1-28-15-9-7-14(8-10-15)24(21-23-17-12-31(26,27)13-19(17)30-21)11-20(25)22-16-5-3-4-6-18(16)29-2/h3-10,17,19H,11-13H2,1-2H3,(H,22,25)/t17-,19+/m1/s1. The van der Waals surface area contributed by atoms with E-state index in [1.807, 2.05) is 36.4 Å². The highest BCUT2D eigenvalue weighted by molar-refractivity contribution is 8.15. The summed E-state index contributed by atoms with van der Waals surface area (Å²) in [6, 6.07) is 14.2. The first-order valence-corrected chi connectivity index (χ1v) is 12.4. The Morgan fingerprint density at radius 2 is 1.87 bits per heavy atom. The van der Waals surface area contributed by atoms with E-state index < -0.39 is 9.84 Å². The Hall–Kier alpha value is -2.72. The third-order valence-corrected chi connectivity index (χ3v) is 8.35. The third-order valence-electron chi connectivity index (χ3n) is 5.10. The van der Waals surface area contributed by atoms with E-state index in [4.69, 9.17) is 9.47 Å². The van der Waals surface area contributed by atoms with Crippen molar-refractivity contribution in [1.82, 2.24) is 0 Å². The molecule has 2 aromatic carbocycles. The molecule has 0 bridgehead atoms. The maximum absolute atomic E-state index is 12.9. The lowest BCUT2D eigenvalue weighted by Crippen LogP contribution is -2.36. The number of hydrogen-bond acceptors (Lipinski definition) is 8. The minimum Gasteiger partial charge on any atom is -0.497 e. The van der Waals surface area contributed by atoms with E-state index in [9.17, 15) is 13.2 Å². The molecule has 2 aromatic rings. The number of amidine groups is 1. The lowest BCUT2D eigenvalue weighted by Gasteiger charge is -2.24. The van der Waals surface area contributed by atoms with Crippen molar-refractivity contribution in [2.24, 2.45) is 4.99 Å². The summed E-state index contributed by atoms with van der Waals surface area (Å²) in [4.78, 5) is 19.4. The Labute approximate surface area is 185 Å². The molecule has 0 unspecified atom stereocenters. The van der Waals surface area contributed by atoms with Crippen LogP contribution in [0.25, 0.3) is 0 Å². The van der Waals surface area contributed by atoms with Crippen LogP contribution in [0, 0.1) is 0 Å². The Bertz CT molecular complexity index is 1100. The largest absolute Gasteiger partial charge is 0.497 e. The van der Waals surface area contributed by atoms with Crippen LogP contribution in [0.5, 0.6) is 11.5 Å². The molecule has 1 amide bonds. The predicted octanol–water partition coefficient (Wildman–Crippen LogP) is 2.42. The van der Waals surface area contributed by atoms with Crippen molar-refractivity contribution in [2.75, 3.05) is 42.5 Å². The smallest absolute Gasteiger partial charge is 0.244 e. The number of anilines is 2. The number of sulfone groups is 1. The van der Waals surface area contributed by atoms with E-state index in [-0.39, 0.29) is 35.2 Å². The zero-order valence-electron chi connectivity index (χ0n) is 17.1. The van der Waals surface area contributed by atoms with Gasteiger partial charge in [-0.2, -0.15) is 0 Å². The molecule has 0 saturated carbocycles. The van der Waals surface area contributed by atoms with Crippen LogP contribution in [-0.2, 0) is 14.6 Å². The summed E-state index contributed by atoms with van der Waals surface area (Å²) in [5, 5.41) is 3.41. The highest BCUT2D eigenvalue weighted by Crippen LogP contribution is 2.37. The van der Waals surface area contributed by atoms with Crippen LogP contribution in [0.3, 0.4) is 0 Å². The van der Waals surface area contributed by atoms with Crippen LogP contribution in [-0.4, -0.2) is 63.1 Å². The number of fused-ring (bicyclic) bond motifs is 1. The molecule has 1 N–H and O–H groups in total. The quantitative estimate of drug-likeness (QED) is 0.706. The molecular weight excluding hydrogens is 438 g/mol. The molecule has 2 aliphatic heterocycles. The van der Waals surface area contributed by atoms with E-state index in [0.29, 0.717) is 22.4 Å². The van der Waals surface area contributed by atoms with Crippen molar-refractivity contribution in [3.8, 4) is 11.5 Å². The number of hydrogen-bond donors (Lipinski definition) is 1. The summed E-state index contributed by atoms with van der Waals surface area (Å²) in [5.41, 5.74) is 1.35. The van der Waals surface area contributed by atoms with Crippen LogP contribution in [0.2, 0.25) is 0 Å². The lowest BCUT2D eigenvalue weighted by molar-refractivity contribution is -0.114. The molecule has 8 nitrogen and oxygen atoms in total. The fraction of sp³-hybridized carbons (Fsp3) is 0.333. The van der Waals surface area contributed by atoms with E-state index in [1.165, 1.54) is 11.8 Å². The van der Waals surface area contributed by atoms with Gasteiger partial charge in [-0.1, -0.05) is 23.9 Å². The van der Waals surface area contributed by atoms with E-state index in [1.54, 1.807) is 31.3 Å². The monoisotopic (exact) mass is 461 g/mol. The maximum atomic E-state index is 12.9. The molecule has 2 atom stereocenters. The first-order valence-electron chi connectivity index (χ1n) is 9.68. The molecule has 0 aromatic heterocycles. The second-order valence-corrected chi connectivity index (χ2v) is 10.6. The van der Waals surface area contributed by atoms with Crippen LogP contribution < -0.4 is 19.7 Å². The average molecular weight is 462 g/mol. The SMILES string of the molecule is COc1ccc(N(CC(=O)Nc2ccccc2OC)C2=N[C@@H]3CS(=O)(=O)C[C@@H]3S2)cc1. The summed E-state index contributed by atoms with van der Waals surface area (Å²) in [6.45, 7) is 0.0163. The number of nitrogens with one attached hydrogen (secondary N) is 1. The van der Waals surface area contributed by atoms with Crippen molar-refractivity contribution < 1.29 is 22.7 Å². The van der Waals surface area contributed by atoms with E-state index >= 15 is 0 Å². The van der Waals surface area contributed by atoms with Gasteiger partial charge in [-0.25, -0.2) is 8.42 Å². The predicted molar refractivity (Wildman–Crippen MR) is 123 cm³/mol. The van der Waals surface area contributed by atoms with Crippen molar-refractivity contribution in [1.29, 1.82) is 0 Å². The highest BCUT2D eigenvalue weighted by Gasteiger charge is 2.44. The number of rotatable bonds is 6. The average Bonchev–Trinajstić information content (AvgIpc) is 3.26. The fourth-order valence-corrected chi connectivity index (χ4v) is 7.36. The Balaban J connectivity index is 1.58. The number of benzene rings is 2. The first kappa shape index (κ1) is 21.5. The number of aliphatic imine (C=N–C) groups is 1. The Morgan fingerprint density at radius 3 is 2.55 bits per heavy atom. The molecule has 2 aliphatic rings. The Morgan fingerprint density at radius 1 is 1.13 bits per heavy atom. The van der Waals surface area contributed by atoms with Crippen molar-refractivity contribution >= 4 is 44.0 Å². The van der Waals surface area contributed by atoms with Crippen LogP contribution in [0.4, 0.5) is 11.4 Å². The van der Waals surface area contributed by atoms with Gasteiger partial charge in [0, 0.05) is 10.9 Å². The van der Waals surface area contributed by atoms with Gasteiger partial charge < -0.3 is 19.7 Å². The van der Waals surface area contributed by atoms with Gasteiger partial charge in [-0.3, -0.25) is 9.79 Å². The van der Waals surface area contributed by atoms with Gasteiger partial charge in [-0.05, 0) is 36.4 Å². The third kappa shape index (κ3) is 4.80. The van der Waals surface area contributed by atoms with Crippen molar-refractivity contribution in [3.05, 3.63) is 48.5 Å².